The van der Waals surface area contributed by atoms with Gasteiger partial charge in [-0.25, -0.2) is 5.43 Å². The van der Waals surface area contributed by atoms with Crippen molar-refractivity contribution in [3.05, 3.63) is 94.5 Å². The van der Waals surface area contributed by atoms with Crippen LogP contribution < -0.4 is 10.2 Å². The van der Waals surface area contributed by atoms with Gasteiger partial charge in [0, 0.05) is 17.7 Å². The zero-order valence-electron chi connectivity index (χ0n) is 14.8. The molecule has 3 aromatic carbocycles. The third-order valence-corrected chi connectivity index (χ3v) is 3.82. The summed E-state index contributed by atoms with van der Waals surface area (Å²) < 4.78 is 5.44. The second kappa shape index (κ2) is 9.09. The largest absolute Gasteiger partial charge is 0.484 e. The first kappa shape index (κ1) is 18.8. The lowest BCUT2D eigenvalue weighted by molar-refractivity contribution is -0.384. The van der Waals surface area contributed by atoms with Crippen molar-refractivity contribution in [1.82, 2.24) is 5.43 Å². The number of hydrogen-bond acceptors (Lipinski definition) is 5. The van der Waals surface area contributed by atoms with E-state index in [1.165, 1.54) is 18.3 Å². The number of hydrogen-bond donors (Lipinski definition) is 1. The van der Waals surface area contributed by atoms with E-state index in [2.05, 4.69) is 10.5 Å². The summed E-state index contributed by atoms with van der Waals surface area (Å²) in [6, 6.07) is 23.3. The molecule has 3 aromatic rings. The number of nitrogens with one attached hydrogen (secondary N) is 1. The van der Waals surface area contributed by atoms with Crippen molar-refractivity contribution in [2.45, 2.75) is 0 Å². The highest BCUT2D eigenvalue weighted by atomic mass is 16.6. The minimum atomic E-state index is -0.493. The van der Waals surface area contributed by atoms with Crippen LogP contribution in [-0.4, -0.2) is 23.7 Å². The Kier molecular flexibility index (Phi) is 6.10. The van der Waals surface area contributed by atoms with Crippen molar-refractivity contribution in [3.63, 3.8) is 0 Å². The van der Waals surface area contributed by atoms with Gasteiger partial charge in [0.1, 0.15) is 5.75 Å². The number of rotatable bonds is 7. The average molecular weight is 375 g/mol. The molecule has 1 N–H and O–H groups in total. The standard InChI is InChI=1S/C21H17N3O4/c25-21(23-22-14-16-5-4-8-19(13-16)24(26)27)15-28-20-11-9-18(10-12-20)17-6-2-1-3-7-17/h1-14H,15H2,(H,23,25)/b22-14-. The van der Waals surface area contributed by atoms with Crippen LogP contribution in [0.15, 0.2) is 84.0 Å². The summed E-state index contributed by atoms with van der Waals surface area (Å²) in [6.45, 7) is -0.197. The minimum Gasteiger partial charge on any atom is -0.484 e. The maximum Gasteiger partial charge on any atom is 0.277 e. The Hall–Kier alpha value is -4.00. The highest BCUT2D eigenvalue weighted by molar-refractivity contribution is 5.83. The molecule has 0 saturated carbocycles. The van der Waals surface area contributed by atoms with E-state index in [1.807, 2.05) is 42.5 Å². The molecule has 0 heterocycles. The van der Waals surface area contributed by atoms with E-state index in [1.54, 1.807) is 24.3 Å². The van der Waals surface area contributed by atoms with E-state index in [-0.39, 0.29) is 12.3 Å². The van der Waals surface area contributed by atoms with Crippen LogP contribution in [-0.2, 0) is 4.79 Å². The van der Waals surface area contributed by atoms with E-state index < -0.39 is 10.8 Å². The molecule has 0 aliphatic rings. The first-order valence-electron chi connectivity index (χ1n) is 8.46. The molecule has 1 amide bonds. The Bertz CT molecular complexity index is 986. The topological polar surface area (TPSA) is 93.8 Å². The highest BCUT2D eigenvalue weighted by Crippen LogP contribution is 2.21. The third-order valence-electron chi connectivity index (χ3n) is 3.82. The zero-order valence-corrected chi connectivity index (χ0v) is 14.8. The molecule has 0 unspecified atom stereocenters. The quantitative estimate of drug-likeness (QED) is 0.386. The van der Waals surface area contributed by atoms with E-state index in [4.69, 9.17) is 4.74 Å². The SMILES string of the molecule is O=C(COc1ccc(-c2ccccc2)cc1)N/N=C\c1cccc([N+](=O)[O-])c1. The van der Waals surface area contributed by atoms with Crippen LogP contribution >= 0.6 is 0 Å². The molecule has 0 aliphatic carbocycles. The van der Waals surface area contributed by atoms with Gasteiger partial charge in [-0.3, -0.25) is 14.9 Å². The molecule has 0 aliphatic heterocycles. The van der Waals surface area contributed by atoms with Crippen LogP contribution in [0, 0.1) is 10.1 Å². The van der Waals surface area contributed by atoms with E-state index in [9.17, 15) is 14.9 Å². The number of carbonyl (C=O) groups excluding carboxylic acids is 1. The normalized spacial score (nSPS) is 10.6. The maximum atomic E-state index is 11.8. The summed E-state index contributed by atoms with van der Waals surface area (Å²) >= 11 is 0. The Morgan fingerprint density at radius 1 is 1.00 bits per heavy atom. The predicted molar refractivity (Wildman–Crippen MR) is 106 cm³/mol. The van der Waals surface area contributed by atoms with Gasteiger partial charge in [-0.05, 0) is 23.3 Å². The van der Waals surface area contributed by atoms with E-state index in [0.717, 1.165) is 11.1 Å². The molecule has 0 bridgehead atoms. The second-order valence-electron chi connectivity index (χ2n) is 5.82. The number of hydrazone groups is 1. The number of benzene rings is 3. The van der Waals surface area contributed by atoms with Gasteiger partial charge in [0.05, 0.1) is 11.1 Å². The summed E-state index contributed by atoms with van der Waals surface area (Å²) in [5, 5.41) is 14.5. The number of carbonyl (C=O) groups is 1. The Labute approximate surface area is 161 Å². The van der Waals surface area contributed by atoms with Gasteiger partial charge in [0.15, 0.2) is 6.61 Å². The monoisotopic (exact) mass is 375 g/mol. The van der Waals surface area contributed by atoms with Gasteiger partial charge in [-0.1, -0.05) is 54.6 Å². The lowest BCUT2D eigenvalue weighted by atomic mass is 10.1. The summed E-state index contributed by atoms with van der Waals surface area (Å²) in [4.78, 5) is 22.1. The average Bonchev–Trinajstić information content (AvgIpc) is 2.73. The van der Waals surface area contributed by atoms with Crippen molar-refractivity contribution in [2.75, 3.05) is 6.61 Å². The Morgan fingerprint density at radius 3 is 2.43 bits per heavy atom. The van der Waals surface area contributed by atoms with Crippen molar-refractivity contribution >= 4 is 17.8 Å². The number of non-ortho nitro benzene ring substituents is 1. The number of amides is 1. The molecule has 140 valence electrons. The van der Waals surface area contributed by atoms with Crippen LogP contribution in [0.2, 0.25) is 0 Å². The summed E-state index contributed by atoms with van der Waals surface area (Å²) in [5.41, 5.74) is 4.94. The Morgan fingerprint density at radius 2 is 1.71 bits per heavy atom. The molecule has 0 spiro atoms. The van der Waals surface area contributed by atoms with E-state index in [0.29, 0.717) is 11.3 Å². The van der Waals surface area contributed by atoms with Crippen LogP contribution in [0.3, 0.4) is 0 Å². The molecule has 0 fully saturated rings. The zero-order chi connectivity index (χ0) is 19.8. The van der Waals surface area contributed by atoms with Gasteiger partial charge in [-0.15, -0.1) is 0 Å². The van der Waals surface area contributed by atoms with Crippen molar-refractivity contribution in [3.8, 4) is 16.9 Å². The van der Waals surface area contributed by atoms with Crippen LogP contribution in [0.4, 0.5) is 5.69 Å². The van der Waals surface area contributed by atoms with Crippen molar-refractivity contribution in [2.24, 2.45) is 5.10 Å². The predicted octanol–water partition coefficient (Wildman–Crippen LogP) is 3.79. The van der Waals surface area contributed by atoms with Gasteiger partial charge in [0.25, 0.3) is 11.6 Å². The highest BCUT2D eigenvalue weighted by Gasteiger charge is 2.05. The molecule has 28 heavy (non-hydrogen) atoms. The molecule has 3 rings (SSSR count). The number of nitro groups is 1. The third kappa shape index (κ3) is 5.25. The smallest absolute Gasteiger partial charge is 0.277 e. The number of nitrogens with zero attached hydrogens (tertiary/aromatic N) is 2. The molecular formula is C21H17N3O4. The molecule has 0 radical (unpaired) electrons. The van der Waals surface area contributed by atoms with Crippen LogP contribution in [0.25, 0.3) is 11.1 Å². The maximum absolute atomic E-state index is 11.8. The lowest BCUT2D eigenvalue weighted by Crippen LogP contribution is -2.24. The first-order valence-corrected chi connectivity index (χ1v) is 8.46. The van der Waals surface area contributed by atoms with Crippen LogP contribution in [0.1, 0.15) is 5.56 Å². The summed E-state index contributed by atoms with van der Waals surface area (Å²) in [7, 11) is 0. The molecule has 0 atom stereocenters. The van der Waals surface area contributed by atoms with E-state index >= 15 is 0 Å². The molecule has 7 heteroatoms. The molecule has 0 saturated heterocycles. The number of ether oxygens (including phenoxy) is 1. The van der Waals surface area contributed by atoms with Crippen molar-refractivity contribution < 1.29 is 14.5 Å². The van der Waals surface area contributed by atoms with Gasteiger partial charge in [0.2, 0.25) is 0 Å². The summed E-state index contributed by atoms with van der Waals surface area (Å²) in [5.74, 6) is 0.131. The molecular weight excluding hydrogens is 358 g/mol. The van der Waals surface area contributed by atoms with Gasteiger partial charge >= 0.3 is 0 Å². The molecule has 7 nitrogen and oxygen atoms in total. The second-order valence-corrected chi connectivity index (χ2v) is 5.82. The number of nitro benzene ring substituents is 1. The fourth-order valence-corrected chi connectivity index (χ4v) is 2.45. The van der Waals surface area contributed by atoms with Crippen LogP contribution in [0.5, 0.6) is 5.75 Å². The van der Waals surface area contributed by atoms with Crippen molar-refractivity contribution in [1.29, 1.82) is 0 Å². The van der Waals surface area contributed by atoms with Gasteiger partial charge < -0.3 is 4.74 Å². The molecule has 0 aromatic heterocycles. The lowest BCUT2D eigenvalue weighted by Gasteiger charge is -2.06. The fraction of sp³-hybridized carbons (Fsp3) is 0.0476. The minimum absolute atomic E-state index is 0.0439. The summed E-state index contributed by atoms with van der Waals surface area (Å²) in [6.07, 6.45) is 1.33. The van der Waals surface area contributed by atoms with Gasteiger partial charge in [-0.2, -0.15) is 5.10 Å². The fourth-order valence-electron chi connectivity index (χ4n) is 2.45. The Balaban J connectivity index is 1.49. The first-order chi connectivity index (χ1) is 13.6.